The molecule has 4 aromatic rings. The van der Waals surface area contributed by atoms with Gasteiger partial charge in [-0.2, -0.15) is 0 Å². The third kappa shape index (κ3) is 4.15. The Morgan fingerprint density at radius 2 is 1.85 bits per heavy atom. The summed E-state index contributed by atoms with van der Waals surface area (Å²) in [6, 6.07) is 19.4. The van der Waals surface area contributed by atoms with Crippen LogP contribution in [-0.4, -0.2) is 27.5 Å². The van der Waals surface area contributed by atoms with Crippen LogP contribution < -0.4 is 20.3 Å². The number of hydrogen-bond acceptors (Lipinski definition) is 6. The molecule has 0 fully saturated rings. The first kappa shape index (κ1) is 21.4. The van der Waals surface area contributed by atoms with Gasteiger partial charge in [-0.25, -0.2) is 4.98 Å². The second kappa shape index (κ2) is 8.80. The highest BCUT2D eigenvalue weighted by molar-refractivity contribution is 8.00. The van der Waals surface area contributed by atoms with Gasteiger partial charge in [0.2, 0.25) is 12.7 Å². The average molecular weight is 480 g/mol. The molecule has 0 spiro atoms. The standard InChI is InChI=1S/C24H18ClN3O4S/c1-14(22(29)26-15-10-11-20-21(12-15)32-13-31-20)33-24-27-18-8-4-2-6-16(18)23(30)28(24)19-9-5-3-7-17(19)25/h2-12,14H,13H2,1H3,(H,26,29). The predicted octanol–water partition coefficient (Wildman–Crippen LogP) is 4.89. The van der Waals surface area contributed by atoms with Crippen LogP contribution in [0.4, 0.5) is 5.69 Å². The van der Waals surface area contributed by atoms with Gasteiger partial charge in [-0.1, -0.05) is 47.6 Å². The van der Waals surface area contributed by atoms with Crippen LogP contribution in [-0.2, 0) is 4.79 Å². The minimum Gasteiger partial charge on any atom is -0.454 e. The second-order valence-corrected chi connectivity index (χ2v) is 9.04. The fraction of sp³-hybridized carbons (Fsp3) is 0.125. The van der Waals surface area contributed by atoms with Crippen LogP contribution in [0, 0.1) is 0 Å². The summed E-state index contributed by atoms with van der Waals surface area (Å²) in [6.45, 7) is 1.91. The molecule has 2 heterocycles. The maximum absolute atomic E-state index is 13.4. The maximum Gasteiger partial charge on any atom is 0.266 e. The van der Waals surface area contributed by atoms with E-state index in [4.69, 9.17) is 21.1 Å². The number of fused-ring (bicyclic) bond motifs is 2. The summed E-state index contributed by atoms with van der Waals surface area (Å²) in [5.74, 6) is 0.975. The van der Waals surface area contributed by atoms with Crippen LogP contribution in [0.15, 0.2) is 76.7 Å². The van der Waals surface area contributed by atoms with Gasteiger partial charge in [0.05, 0.1) is 26.9 Å². The lowest BCUT2D eigenvalue weighted by molar-refractivity contribution is -0.115. The summed E-state index contributed by atoms with van der Waals surface area (Å²) >= 11 is 7.59. The van der Waals surface area contributed by atoms with Gasteiger partial charge in [0.25, 0.3) is 5.56 Å². The van der Waals surface area contributed by atoms with E-state index in [9.17, 15) is 9.59 Å². The molecular weight excluding hydrogens is 462 g/mol. The van der Waals surface area contributed by atoms with E-state index in [0.29, 0.717) is 44.0 Å². The van der Waals surface area contributed by atoms with Gasteiger partial charge in [0.1, 0.15) is 0 Å². The third-order valence-corrected chi connectivity index (χ3v) is 6.50. The third-order valence-electron chi connectivity index (χ3n) is 5.13. The number of carbonyl (C=O) groups is 1. The van der Waals surface area contributed by atoms with Crippen molar-refractivity contribution in [3.8, 4) is 17.2 Å². The summed E-state index contributed by atoms with van der Waals surface area (Å²) in [5, 5.41) is 3.58. The van der Waals surface area contributed by atoms with E-state index in [0.717, 1.165) is 0 Å². The summed E-state index contributed by atoms with van der Waals surface area (Å²) in [7, 11) is 0. The van der Waals surface area contributed by atoms with Gasteiger partial charge < -0.3 is 14.8 Å². The molecule has 5 rings (SSSR count). The Kier molecular flexibility index (Phi) is 5.70. The molecule has 1 unspecified atom stereocenters. The first-order chi connectivity index (χ1) is 16.0. The highest BCUT2D eigenvalue weighted by Crippen LogP contribution is 2.35. The Morgan fingerprint density at radius 1 is 1.09 bits per heavy atom. The summed E-state index contributed by atoms with van der Waals surface area (Å²) in [6.07, 6.45) is 0. The number of carbonyl (C=O) groups excluding carboxylic acids is 1. The van der Waals surface area contributed by atoms with Gasteiger partial charge in [-0.15, -0.1) is 0 Å². The number of anilines is 1. The average Bonchev–Trinajstić information content (AvgIpc) is 3.28. The number of aromatic nitrogens is 2. The zero-order valence-corrected chi connectivity index (χ0v) is 19.0. The van der Waals surface area contributed by atoms with Crippen LogP contribution in [0.1, 0.15) is 6.92 Å². The molecule has 0 saturated heterocycles. The fourth-order valence-corrected chi connectivity index (χ4v) is 4.61. The van der Waals surface area contributed by atoms with E-state index in [1.54, 1.807) is 67.6 Å². The van der Waals surface area contributed by atoms with Crippen molar-refractivity contribution in [2.75, 3.05) is 12.1 Å². The Morgan fingerprint density at radius 3 is 2.70 bits per heavy atom. The SMILES string of the molecule is CC(Sc1nc2ccccc2c(=O)n1-c1ccccc1Cl)C(=O)Nc1ccc2c(c1)OCO2. The quantitative estimate of drug-likeness (QED) is 0.324. The van der Waals surface area contributed by atoms with Crippen LogP contribution in [0.3, 0.4) is 0 Å². The van der Waals surface area contributed by atoms with Crippen molar-refractivity contribution < 1.29 is 14.3 Å². The number of nitrogens with zero attached hydrogens (tertiary/aromatic N) is 2. The molecule has 0 radical (unpaired) electrons. The zero-order chi connectivity index (χ0) is 22.9. The van der Waals surface area contributed by atoms with Gasteiger partial charge in [-0.3, -0.25) is 14.2 Å². The van der Waals surface area contributed by atoms with Crippen LogP contribution >= 0.6 is 23.4 Å². The van der Waals surface area contributed by atoms with E-state index in [2.05, 4.69) is 10.3 Å². The number of amides is 1. The zero-order valence-electron chi connectivity index (χ0n) is 17.4. The number of thioether (sulfide) groups is 1. The Balaban J connectivity index is 1.49. The lowest BCUT2D eigenvalue weighted by Gasteiger charge is -2.17. The highest BCUT2D eigenvalue weighted by Gasteiger charge is 2.22. The van der Waals surface area contributed by atoms with Crippen molar-refractivity contribution in [1.29, 1.82) is 0 Å². The molecule has 1 atom stereocenters. The largest absolute Gasteiger partial charge is 0.454 e. The molecule has 7 nitrogen and oxygen atoms in total. The van der Waals surface area contributed by atoms with E-state index >= 15 is 0 Å². The first-order valence-electron chi connectivity index (χ1n) is 10.1. The smallest absolute Gasteiger partial charge is 0.266 e. The molecule has 3 aromatic carbocycles. The predicted molar refractivity (Wildman–Crippen MR) is 129 cm³/mol. The van der Waals surface area contributed by atoms with Crippen LogP contribution in [0.2, 0.25) is 5.02 Å². The fourth-order valence-electron chi connectivity index (χ4n) is 3.47. The van der Waals surface area contributed by atoms with Crippen LogP contribution in [0.5, 0.6) is 11.5 Å². The summed E-state index contributed by atoms with van der Waals surface area (Å²) < 4.78 is 12.1. The van der Waals surface area contributed by atoms with Gasteiger partial charge >= 0.3 is 0 Å². The normalized spacial score (nSPS) is 13.2. The Hall–Kier alpha value is -3.49. The summed E-state index contributed by atoms with van der Waals surface area (Å²) in [4.78, 5) is 31.0. The lowest BCUT2D eigenvalue weighted by atomic mass is 10.2. The number of para-hydroxylation sites is 2. The van der Waals surface area contributed by atoms with Gasteiger partial charge in [-0.05, 0) is 43.3 Å². The molecule has 33 heavy (non-hydrogen) atoms. The maximum atomic E-state index is 13.4. The molecule has 1 aliphatic rings. The number of rotatable bonds is 5. The topological polar surface area (TPSA) is 82.5 Å². The highest BCUT2D eigenvalue weighted by atomic mass is 35.5. The first-order valence-corrected chi connectivity index (χ1v) is 11.4. The minimum absolute atomic E-state index is 0.159. The Bertz CT molecular complexity index is 1440. The number of halogens is 1. The van der Waals surface area contributed by atoms with E-state index in [-0.39, 0.29) is 18.3 Å². The Labute approximate surface area is 198 Å². The van der Waals surface area contributed by atoms with Crippen molar-refractivity contribution in [1.82, 2.24) is 9.55 Å². The minimum atomic E-state index is -0.558. The van der Waals surface area contributed by atoms with Crippen molar-refractivity contribution in [3.05, 3.63) is 82.1 Å². The molecule has 9 heteroatoms. The van der Waals surface area contributed by atoms with E-state index in [1.165, 1.54) is 16.3 Å². The molecule has 0 saturated carbocycles. The van der Waals surface area contributed by atoms with Gasteiger partial charge in [0.15, 0.2) is 16.7 Å². The molecule has 166 valence electrons. The molecule has 1 aromatic heterocycles. The van der Waals surface area contributed by atoms with Crippen molar-refractivity contribution in [2.45, 2.75) is 17.3 Å². The van der Waals surface area contributed by atoms with Gasteiger partial charge in [0, 0.05) is 11.8 Å². The number of benzene rings is 3. The number of hydrogen-bond donors (Lipinski definition) is 1. The second-order valence-electron chi connectivity index (χ2n) is 7.32. The molecule has 0 bridgehead atoms. The van der Waals surface area contributed by atoms with E-state index in [1.807, 2.05) is 6.07 Å². The van der Waals surface area contributed by atoms with Crippen molar-refractivity contribution >= 4 is 45.9 Å². The number of ether oxygens (including phenoxy) is 2. The summed E-state index contributed by atoms with van der Waals surface area (Å²) in [5.41, 5.74) is 1.40. The van der Waals surface area contributed by atoms with Crippen LogP contribution in [0.25, 0.3) is 16.6 Å². The lowest BCUT2D eigenvalue weighted by Crippen LogP contribution is -2.26. The number of nitrogens with one attached hydrogen (secondary N) is 1. The molecule has 1 N–H and O–H groups in total. The van der Waals surface area contributed by atoms with E-state index < -0.39 is 5.25 Å². The molecule has 0 aliphatic carbocycles. The molecule has 1 aliphatic heterocycles. The van der Waals surface area contributed by atoms with Crippen molar-refractivity contribution in [3.63, 3.8) is 0 Å². The molecule has 1 amide bonds. The monoisotopic (exact) mass is 479 g/mol. The van der Waals surface area contributed by atoms with Crippen molar-refractivity contribution in [2.24, 2.45) is 0 Å². The molecular formula is C24H18ClN3O4S.